The lowest BCUT2D eigenvalue weighted by molar-refractivity contribution is 0.0741. The summed E-state index contributed by atoms with van der Waals surface area (Å²) in [4.78, 5) is 14.7. The summed E-state index contributed by atoms with van der Waals surface area (Å²) < 4.78 is 0. The van der Waals surface area contributed by atoms with E-state index in [1.165, 1.54) is 0 Å². The van der Waals surface area contributed by atoms with Crippen LogP contribution in [0.15, 0.2) is 48.5 Å². The Morgan fingerprint density at radius 2 is 1.91 bits per heavy atom. The highest BCUT2D eigenvalue weighted by molar-refractivity contribution is 6.34. The molecule has 2 aromatic rings. The van der Waals surface area contributed by atoms with E-state index in [1.807, 2.05) is 47.4 Å². The molecule has 3 nitrogen and oxygen atoms in total. The Labute approximate surface area is 147 Å². The van der Waals surface area contributed by atoms with Crippen molar-refractivity contribution in [1.29, 1.82) is 0 Å². The minimum Gasteiger partial charge on any atom is -0.334 e. The molecule has 1 saturated heterocycles. The maximum atomic E-state index is 12.8. The second kappa shape index (κ2) is 7.82. The first kappa shape index (κ1) is 17.8. The smallest absolute Gasteiger partial charge is 0.255 e. The number of benzene rings is 2. The molecule has 23 heavy (non-hydrogen) atoms. The molecule has 0 saturated carbocycles. The summed E-state index contributed by atoms with van der Waals surface area (Å²) in [6.45, 7) is 1.26. The molecule has 0 spiro atoms. The number of carbonyl (C=O) groups is 1. The monoisotopic (exact) mass is 350 g/mol. The number of hydrogen-bond acceptors (Lipinski definition) is 2. The molecule has 2 aromatic carbocycles. The van der Waals surface area contributed by atoms with Crippen molar-refractivity contribution >= 4 is 29.9 Å². The van der Waals surface area contributed by atoms with Crippen LogP contribution in [0, 0.1) is 0 Å². The fraction of sp³-hybridized carbons (Fsp3) is 0.278. The van der Waals surface area contributed by atoms with E-state index in [0.717, 1.165) is 30.5 Å². The van der Waals surface area contributed by atoms with Gasteiger partial charge in [-0.1, -0.05) is 48.0 Å². The first-order chi connectivity index (χ1) is 10.7. The highest BCUT2D eigenvalue weighted by Crippen LogP contribution is 2.28. The van der Waals surface area contributed by atoms with Crippen molar-refractivity contribution in [3.05, 3.63) is 59.1 Å². The summed E-state index contributed by atoms with van der Waals surface area (Å²) in [6.07, 6.45) is 1.97. The predicted molar refractivity (Wildman–Crippen MR) is 97.2 cm³/mol. The number of carbonyl (C=O) groups excluding carboxylic acids is 1. The molecule has 122 valence electrons. The molecule has 0 aromatic heterocycles. The third kappa shape index (κ3) is 3.69. The highest BCUT2D eigenvalue weighted by Gasteiger charge is 2.29. The topological polar surface area (TPSA) is 46.3 Å². The molecule has 0 radical (unpaired) electrons. The summed E-state index contributed by atoms with van der Waals surface area (Å²) in [7, 11) is 0. The Balaban J connectivity index is 0.00000192. The Morgan fingerprint density at radius 3 is 2.61 bits per heavy atom. The normalized spacial score (nSPS) is 17.0. The van der Waals surface area contributed by atoms with Crippen LogP contribution in [0.4, 0.5) is 0 Å². The number of nitrogens with zero attached hydrogens (tertiary/aromatic N) is 1. The van der Waals surface area contributed by atoms with Crippen LogP contribution in [-0.4, -0.2) is 29.9 Å². The minimum absolute atomic E-state index is 0. The minimum atomic E-state index is -0.0178. The van der Waals surface area contributed by atoms with Gasteiger partial charge in [0.2, 0.25) is 0 Å². The fourth-order valence-corrected chi connectivity index (χ4v) is 3.20. The molecule has 1 unspecified atom stereocenters. The summed E-state index contributed by atoms with van der Waals surface area (Å²) in [5, 5.41) is 0.493. The number of likely N-dealkylation sites (tertiary alicyclic amines) is 1. The third-order valence-corrected chi connectivity index (χ3v) is 4.54. The van der Waals surface area contributed by atoms with Crippen LogP contribution >= 0.6 is 24.0 Å². The summed E-state index contributed by atoms with van der Waals surface area (Å²) in [5.74, 6) is -0.0178. The van der Waals surface area contributed by atoms with Gasteiger partial charge >= 0.3 is 0 Å². The van der Waals surface area contributed by atoms with Gasteiger partial charge in [-0.15, -0.1) is 12.4 Å². The standard InChI is InChI=1S/C18H19ClN2O.ClH/c19-17-9-8-14(13-5-2-1-3-6-13)11-16(17)18(22)21-10-4-7-15(21)12-20;/h1-3,5-6,8-9,11,15H,4,7,10,12,20H2;1H. The van der Waals surface area contributed by atoms with Crippen molar-refractivity contribution in [1.82, 2.24) is 4.90 Å². The van der Waals surface area contributed by atoms with Crippen LogP contribution in [0.3, 0.4) is 0 Å². The maximum Gasteiger partial charge on any atom is 0.255 e. The Morgan fingerprint density at radius 1 is 1.17 bits per heavy atom. The van der Waals surface area contributed by atoms with Gasteiger partial charge in [-0.05, 0) is 36.1 Å². The SMILES string of the molecule is Cl.NCC1CCCN1C(=O)c1cc(-c2ccccc2)ccc1Cl. The molecular formula is C18H20Cl2N2O. The van der Waals surface area contributed by atoms with Gasteiger partial charge in [0.25, 0.3) is 5.91 Å². The lowest BCUT2D eigenvalue weighted by Gasteiger charge is -2.24. The van der Waals surface area contributed by atoms with Crippen LogP contribution < -0.4 is 5.73 Å². The zero-order valence-corrected chi connectivity index (χ0v) is 14.3. The zero-order chi connectivity index (χ0) is 15.5. The second-order valence-electron chi connectivity index (χ2n) is 5.59. The number of rotatable bonds is 3. The molecule has 1 aliphatic rings. The van der Waals surface area contributed by atoms with Gasteiger partial charge in [0, 0.05) is 19.1 Å². The maximum absolute atomic E-state index is 12.8. The first-order valence-electron chi connectivity index (χ1n) is 7.56. The average Bonchev–Trinajstić information content (AvgIpc) is 3.04. The Bertz CT molecular complexity index is 676. The van der Waals surface area contributed by atoms with Gasteiger partial charge < -0.3 is 10.6 Å². The van der Waals surface area contributed by atoms with E-state index in [0.29, 0.717) is 17.1 Å². The molecule has 1 aliphatic heterocycles. The van der Waals surface area contributed by atoms with Crippen LogP contribution in [0.25, 0.3) is 11.1 Å². The van der Waals surface area contributed by atoms with E-state index in [-0.39, 0.29) is 24.4 Å². The van der Waals surface area contributed by atoms with Crippen LogP contribution in [0.1, 0.15) is 23.2 Å². The summed E-state index contributed by atoms with van der Waals surface area (Å²) in [6, 6.07) is 15.7. The van der Waals surface area contributed by atoms with E-state index >= 15 is 0 Å². The third-order valence-electron chi connectivity index (χ3n) is 4.21. The molecule has 3 rings (SSSR count). The van der Waals surface area contributed by atoms with Gasteiger partial charge in [0.05, 0.1) is 10.6 Å². The van der Waals surface area contributed by atoms with Crippen molar-refractivity contribution in [3.63, 3.8) is 0 Å². The van der Waals surface area contributed by atoms with Crippen LogP contribution in [-0.2, 0) is 0 Å². The molecule has 1 heterocycles. The second-order valence-corrected chi connectivity index (χ2v) is 6.00. The molecule has 1 fully saturated rings. The summed E-state index contributed by atoms with van der Waals surface area (Å²) >= 11 is 6.27. The van der Waals surface area contributed by atoms with E-state index in [4.69, 9.17) is 17.3 Å². The molecule has 1 amide bonds. The molecule has 0 bridgehead atoms. The Kier molecular flexibility index (Phi) is 6.05. The van der Waals surface area contributed by atoms with Crippen molar-refractivity contribution in [2.75, 3.05) is 13.1 Å². The quantitative estimate of drug-likeness (QED) is 0.909. The molecule has 1 atom stereocenters. The van der Waals surface area contributed by atoms with Gasteiger partial charge in [-0.25, -0.2) is 0 Å². The van der Waals surface area contributed by atoms with Gasteiger partial charge in [-0.3, -0.25) is 4.79 Å². The van der Waals surface area contributed by atoms with E-state index in [9.17, 15) is 4.79 Å². The highest BCUT2D eigenvalue weighted by atomic mass is 35.5. The lowest BCUT2D eigenvalue weighted by Crippen LogP contribution is -2.40. The zero-order valence-electron chi connectivity index (χ0n) is 12.7. The predicted octanol–water partition coefficient (Wildman–Crippen LogP) is 3.99. The first-order valence-corrected chi connectivity index (χ1v) is 7.94. The van der Waals surface area contributed by atoms with Crippen LogP contribution in [0.2, 0.25) is 5.02 Å². The molecule has 2 N–H and O–H groups in total. The fourth-order valence-electron chi connectivity index (χ4n) is 3.00. The number of halogens is 2. The number of nitrogens with two attached hydrogens (primary N) is 1. The van der Waals surface area contributed by atoms with Crippen molar-refractivity contribution < 1.29 is 4.79 Å². The number of amides is 1. The van der Waals surface area contributed by atoms with Gasteiger partial charge in [-0.2, -0.15) is 0 Å². The van der Waals surface area contributed by atoms with E-state index in [2.05, 4.69) is 0 Å². The molecule has 5 heteroatoms. The lowest BCUT2D eigenvalue weighted by atomic mass is 10.0. The van der Waals surface area contributed by atoms with Gasteiger partial charge in [0.1, 0.15) is 0 Å². The molecular weight excluding hydrogens is 331 g/mol. The van der Waals surface area contributed by atoms with E-state index in [1.54, 1.807) is 6.07 Å². The van der Waals surface area contributed by atoms with Crippen LogP contribution in [0.5, 0.6) is 0 Å². The average molecular weight is 351 g/mol. The van der Waals surface area contributed by atoms with Gasteiger partial charge in [0.15, 0.2) is 0 Å². The largest absolute Gasteiger partial charge is 0.334 e. The van der Waals surface area contributed by atoms with Crippen molar-refractivity contribution in [2.45, 2.75) is 18.9 Å². The van der Waals surface area contributed by atoms with Crippen molar-refractivity contribution in [3.8, 4) is 11.1 Å². The van der Waals surface area contributed by atoms with E-state index < -0.39 is 0 Å². The molecule has 0 aliphatic carbocycles. The number of hydrogen-bond donors (Lipinski definition) is 1. The van der Waals surface area contributed by atoms with Crippen molar-refractivity contribution in [2.24, 2.45) is 5.73 Å². The Hall–Kier alpha value is -1.55. The summed E-state index contributed by atoms with van der Waals surface area (Å²) in [5.41, 5.74) is 8.40.